The molecule has 0 saturated carbocycles. The Balaban J connectivity index is 2.09. The van der Waals surface area contributed by atoms with Gasteiger partial charge < -0.3 is 5.32 Å². The molecule has 0 aliphatic rings. The number of hydrogen-bond donors (Lipinski definition) is 1. The number of rotatable bonds is 4. The molecule has 20 heavy (non-hydrogen) atoms. The summed E-state index contributed by atoms with van der Waals surface area (Å²) in [6.45, 7) is 2.11. The van der Waals surface area contributed by atoms with Crippen molar-refractivity contribution in [1.29, 1.82) is 0 Å². The Labute approximate surface area is 118 Å². The van der Waals surface area contributed by atoms with Crippen LogP contribution in [0.15, 0.2) is 41.4 Å². The summed E-state index contributed by atoms with van der Waals surface area (Å²) in [5, 5.41) is 2.97. The van der Waals surface area contributed by atoms with Crippen molar-refractivity contribution in [1.82, 2.24) is 9.97 Å². The molecule has 0 aliphatic carbocycles. The average Bonchev–Trinajstić information content (AvgIpc) is 2.36. The number of alkyl halides is 3. The predicted molar refractivity (Wildman–Crippen MR) is 72.4 cm³/mol. The van der Waals surface area contributed by atoms with Gasteiger partial charge in [-0.25, -0.2) is 9.97 Å². The summed E-state index contributed by atoms with van der Waals surface area (Å²) in [5.74, 6) is 0.627. The van der Waals surface area contributed by atoms with Crippen molar-refractivity contribution in [2.75, 3.05) is 5.32 Å². The lowest BCUT2D eigenvalue weighted by Gasteiger charge is -2.12. The zero-order valence-corrected chi connectivity index (χ0v) is 11.4. The normalized spacial score (nSPS) is 11.4. The third kappa shape index (κ3) is 4.41. The van der Waals surface area contributed by atoms with Gasteiger partial charge in [-0.1, -0.05) is 12.1 Å². The molecule has 1 heterocycles. The lowest BCUT2D eigenvalue weighted by atomic mass is 10.3. The number of halogens is 3. The summed E-state index contributed by atoms with van der Waals surface area (Å²) in [4.78, 5) is 8.30. The van der Waals surface area contributed by atoms with E-state index in [2.05, 4.69) is 15.3 Å². The molecule has 7 heteroatoms. The molecule has 2 rings (SSSR count). The first kappa shape index (κ1) is 14.6. The van der Waals surface area contributed by atoms with Crippen LogP contribution in [0.5, 0.6) is 0 Å². The fraction of sp³-hybridized carbons (Fsp3) is 0.231. The van der Waals surface area contributed by atoms with Crippen molar-refractivity contribution in [2.45, 2.75) is 23.9 Å². The van der Waals surface area contributed by atoms with Gasteiger partial charge in [0.2, 0.25) is 0 Å². The van der Waals surface area contributed by atoms with E-state index in [0.29, 0.717) is 18.1 Å². The summed E-state index contributed by atoms with van der Waals surface area (Å²) >= 11 is -0.130. The summed E-state index contributed by atoms with van der Waals surface area (Å²) in [6, 6.07) is 8.04. The van der Waals surface area contributed by atoms with E-state index >= 15 is 0 Å². The third-order valence-electron chi connectivity index (χ3n) is 2.41. The van der Waals surface area contributed by atoms with Crippen LogP contribution in [-0.2, 0) is 6.54 Å². The number of hydrogen-bond acceptors (Lipinski definition) is 4. The monoisotopic (exact) mass is 299 g/mol. The standard InChI is InChI=1S/C13H12F3N3S/c1-9-17-7-6-10(19-9)8-18-11-4-2-3-5-12(11)20-13(14,15)16/h2-7,18H,8H2,1H3. The number of aryl methyl sites for hydroxylation is 1. The Morgan fingerprint density at radius 1 is 1.20 bits per heavy atom. The minimum atomic E-state index is -4.30. The molecule has 0 radical (unpaired) electrons. The zero-order chi connectivity index (χ0) is 14.6. The maximum Gasteiger partial charge on any atom is 0.446 e. The Morgan fingerprint density at radius 3 is 2.65 bits per heavy atom. The van der Waals surface area contributed by atoms with Gasteiger partial charge in [0, 0.05) is 16.8 Å². The maximum absolute atomic E-state index is 12.5. The Kier molecular flexibility index (Phi) is 4.49. The van der Waals surface area contributed by atoms with Gasteiger partial charge in [-0.05, 0) is 36.9 Å². The lowest BCUT2D eigenvalue weighted by molar-refractivity contribution is -0.0327. The Hall–Kier alpha value is -1.76. The number of para-hydroxylation sites is 1. The van der Waals surface area contributed by atoms with E-state index in [1.165, 1.54) is 6.07 Å². The van der Waals surface area contributed by atoms with Crippen LogP contribution in [0.4, 0.5) is 18.9 Å². The van der Waals surface area contributed by atoms with Gasteiger partial charge >= 0.3 is 5.51 Å². The van der Waals surface area contributed by atoms with Gasteiger partial charge in [0.25, 0.3) is 0 Å². The molecule has 2 aromatic rings. The highest BCUT2D eigenvalue weighted by Crippen LogP contribution is 2.40. The van der Waals surface area contributed by atoms with Crippen molar-refractivity contribution < 1.29 is 13.2 Å². The molecule has 0 aliphatic heterocycles. The van der Waals surface area contributed by atoms with E-state index in [1.54, 1.807) is 37.4 Å². The maximum atomic E-state index is 12.5. The molecule has 3 nitrogen and oxygen atoms in total. The highest BCUT2D eigenvalue weighted by molar-refractivity contribution is 8.00. The second-order valence-electron chi connectivity index (χ2n) is 3.99. The molecule has 0 spiro atoms. The molecule has 0 amide bonds. The van der Waals surface area contributed by atoms with Crippen LogP contribution in [0.2, 0.25) is 0 Å². The van der Waals surface area contributed by atoms with Crippen LogP contribution in [0, 0.1) is 6.92 Å². The van der Waals surface area contributed by atoms with E-state index < -0.39 is 5.51 Å². The number of nitrogens with one attached hydrogen (secondary N) is 1. The molecule has 0 unspecified atom stereocenters. The third-order valence-corrected chi connectivity index (χ3v) is 3.21. The minimum Gasteiger partial charge on any atom is -0.378 e. The fourth-order valence-corrected chi connectivity index (χ4v) is 2.26. The second-order valence-corrected chi connectivity index (χ2v) is 5.10. The van der Waals surface area contributed by atoms with Crippen molar-refractivity contribution in [3.8, 4) is 0 Å². The van der Waals surface area contributed by atoms with Gasteiger partial charge in [-0.3, -0.25) is 0 Å². The first-order valence-electron chi connectivity index (χ1n) is 5.81. The highest BCUT2D eigenvalue weighted by atomic mass is 32.2. The molecule has 0 saturated heterocycles. The van der Waals surface area contributed by atoms with Gasteiger partial charge in [0.15, 0.2) is 0 Å². The largest absolute Gasteiger partial charge is 0.446 e. The number of benzene rings is 1. The molecule has 1 N–H and O–H groups in total. The van der Waals surface area contributed by atoms with E-state index in [0.717, 1.165) is 5.69 Å². The SMILES string of the molecule is Cc1nccc(CNc2ccccc2SC(F)(F)F)n1. The van der Waals surface area contributed by atoms with E-state index in [1.807, 2.05) is 0 Å². The summed E-state index contributed by atoms with van der Waals surface area (Å²) in [6.07, 6.45) is 1.62. The number of nitrogens with zero attached hydrogens (tertiary/aromatic N) is 2. The smallest absolute Gasteiger partial charge is 0.378 e. The Morgan fingerprint density at radius 2 is 1.95 bits per heavy atom. The molecule has 0 fully saturated rings. The van der Waals surface area contributed by atoms with E-state index in [-0.39, 0.29) is 16.7 Å². The second kappa shape index (κ2) is 6.13. The van der Waals surface area contributed by atoms with Crippen LogP contribution in [0.1, 0.15) is 11.5 Å². The molecule has 106 valence electrons. The highest BCUT2D eigenvalue weighted by Gasteiger charge is 2.30. The van der Waals surface area contributed by atoms with Crippen molar-refractivity contribution in [3.05, 3.63) is 48.0 Å². The summed E-state index contributed by atoms with van der Waals surface area (Å²) in [5.41, 5.74) is -3.14. The number of anilines is 1. The number of thioether (sulfide) groups is 1. The van der Waals surface area contributed by atoms with Crippen LogP contribution in [0.3, 0.4) is 0 Å². The molecule has 1 aromatic heterocycles. The Bertz CT molecular complexity index is 587. The van der Waals surface area contributed by atoms with Gasteiger partial charge in [-0.15, -0.1) is 0 Å². The molecule has 0 atom stereocenters. The summed E-state index contributed by atoms with van der Waals surface area (Å²) in [7, 11) is 0. The predicted octanol–water partition coefficient (Wildman–Crippen LogP) is 4.01. The van der Waals surface area contributed by atoms with Gasteiger partial charge in [0.05, 0.1) is 12.2 Å². The molecular formula is C13H12F3N3S. The van der Waals surface area contributed by atoms with Crippen molar-refractivity contribution in [2.24, 2.45) is 0 Å². The molecule has 1 aromatic carbocycles. The lowest BCUT2D eigenvalue weighted by Crippen LogP contribution is -2.06. The minimum absolute atomic E-state index is 0.130. The topological polar surface area (TPSA) is 37.8 Å². The van der Waals surface area contributed by atoms with Crippen LogP contribution in [0.25, 0.3) is 0 Å². The van der Waals surface area contributed by atoms with Crippen LogP contribution in [-0.4, -0.2) is 15.5 Å². The first-order chi connectivity index (χ1) is 9.44. The van der Waals surface area contributed by atoms with Crippen molar-refractivity contribution in [3.63, 3.8) is 0 Å². The fourth-order valence-electron chi connectivity index (χ4n) is 1.62. The van der Waals surface area contributed by atoms with Gasteiger partial charge in [0.1, 0.15) is 5.82 Å². The quantitative estimate of drug-likeness (QED) is 0.866. The van der Waals surface area contributed by atoms with Crippen LogP contribution < -0.4 is 5.32 Å². The van der Waals surface area contributed by atoms with Crippen molar-refractivity contribution >= 4 is 17.4 Å². The molecule has 0 bridgehead atoms. The van der Waals surface area contributed by atoms with Crippen LogP contribution >= 0.6 is 11.8 Å². The number of aromatic nitrogens is 2. The van der Waals surface area contributed by atoms with E-state index in [4.69, 9.17) is 0 Å². The summed E-state index contributed by atoms with van der Waals surface area (Å²) < 4.78 is 37.4. The first-order valence-corrected chi connectivity index (χ1v) is 6.63. The average molecular weight is 299 g/mol. The van der Waals surface area contributed by atoms with E-state index in [9.17, 15) is 13.2 Å². The zero-order valence-electron chi connectivity index (χ0n) is 10.6. The molecular weight excluding hydrogens is 287 g/mol. The van der Waals surface area contributed by atoms with Gasteiger partial charge in [-0.2, -0.15) is 13.2 Å².